The zero-order chi connectivity index (χ0) is 16.2. The fourth-order valence-electron chi connectivity index (χ4n) is 1.50. The summed E-state index contributed by atoms with van der Waals surface area (Å²) in [6.45, 7) is -0.304. The molecule has 1 aromatic carbocycles. The molecule has 0 atom stereocenters. The van der Waals surface area contributed by atoms with Crippen LogP contribution in [0, 0.1) is 10.1 Å². The SMILES string of the molecule is O=C(O)CCNC(=O)c1cccc([N+](=O)[O-])c1S(=O)(=O)O. The van der Waals surface area contributed by atoms with E-state index in [9.17, 15) is 28.1 Å². The third-order valence-electron chi connectivity index (χ3n) is 2.32. The molecule has 10 nitrogen and oxygen atoms in total. The van der Waals surface area contributed by atoms with Gasteiger partial charge in [-0.3, -0.25) is 24.3 Å². The molecule has 1 aromatic rings. The maximum atomic E-state index is 11.8. The fourth-order valence-corrected chi connectivity index (χ4v) is 2.34. The van der Waals surface area contributed by atoms with Crippen molar-refractivity contribution in [2.24, 2.45) is 0 Å². The van der Waals surface area contributed by atoms with Crippen molar-refractivity contribution in [3.63, 3.8) is 0 Å². The van der Waals surface area contributed by atoms with Gasteiger partial charge in [-0.2, -0.15) is 8.42 Å². The molecule has 0 aliphatic heterocycles. The second kappa shape index (κ2) is 6.28. The first kappa shape index (κ1) is 16.5. The number of hydrogen-bond acceptors (Lipinski definition) is 6. The Bertz CT molecular complexity index is 697. The highest BCUT2D eigenvalue weighted by Gasteiger charge is 2.30. The van der Waals surface area contributed by atoms with Crippen molar-refractivity contribution in [2.75, 3.05) is 6.54 Å². The smallest absolute Gasteiger partial charge is 0.305 e. The number of nitro groups is 1. The zero-order valence-corrected chi connectivity index (χ0v) is 11.2. The lowest BCUT2D eigenvalue weighted by molar-refractivity contribution is -0.387. The van der Waals surface area contributed by atoms with Gasteiger partial charge in [-0.05, 0) is 6.07 Å². The summed E-state index contributed by atoms with van der Waals surface area (Å²) in [5.41, 5.74) is -1.60. The second-order valence-corrected chi connectivity index (χ2v) is 5.14. The first-order chi connectivity index (χ1) is 9.64. The number of hydrogen-bond donors (Lipinski definition) is 3. The molecule has 3 N–H and O–H groups in total. The molecule has 0 saturated heterocycles. The van der Waals surface area contributed by atoms with Gasteiger partial charge < -0.3 is 10.4 Å². The van der Waals surface area contributed by atoms with Gasteiger partial charge in [-0.15, -0.1) is 0 Å². The molecule has 0 spiro atoms. The van der Waals surface area contributed by atoms with Crippen LogP contribution in [0.25, 0.3) is 0 Å². The van der Waals surface area contributed by atoms with E-state index in [0.29, 0.717) is 0 Å². The number of nitrogens with zero attached hydrogens (tertiary/aromatic N) is 1. The lowest BCUT2D eigenvalue weighted by atomic mass is 10.2. The lowest BCUT2D eigenvalue weighted by Gasteiger charge is -2.08. The predicted molar refractivity (Wildman–Crippen MR) is 67.5 cm³/mol. The van der Waals surface area contributed by atoms with Crippen molar-refractivity contribution >= 4 is 27.7 Å². The molecular formula is C10H10N2O8S. The van der Waals surface area contributed by atoms with Crippen LogP contribution in [0.4, 0.5) is 5.69 Å². The van der Waals surface area contributed by atoms with E-state index in [-0.39, 0.29) is 6.54 Å². The highest BCUT2D eigenvalue weighted by Crippen LogP contribution is 2.27. The Labute approximate surface area is 118 Å². The van der Waals surface area contributed by atoms with E-state index < -0.39 is 49.5 Å². The van der Waals surface area contributed by atoms with Gasteiger partial charge in [0.25, 0.3) is 11.6 Å². The molecular weight excluding hydrogens is 308 g/mol. The van der Waals surface area contributed by atoms with Crippen molar-refractivity contribution in [3.8, 4) is 0 Å². The van der Waals surface area contributed by atoms with Crippen molar-refractivity contribution in [1.82, 2.24) is 5.32 Å². The average Bonchev–Trinajstić information content (AvgIpc) is 2.36. The van der Waals surface area contributed by atoms with E-state index in [1.54, 1.807) is 0 Å². The van der Waals surface area contributed by atoms with Gasteiger partial charge in [0.2, 0.25) is 0 Å². The molecule has 1 amide bonds. The Balaban J connectivity index is 3.24. The first-order valence-electron chi connectivity index (χ1n) is 5.39. The van der Waals surface area contributed by atoms with Crippen molar-refractivity contribution in [2.45, 2.75) is 11.3 Å². The van der Waals surface area contributed by atoms with E-state index in [1.165, 1.54) is 0 Å². The van der Waals surface area contributed by atoms with Crippen molar-refractivity contribution in [3.05, 3.63) is 33.9 Å². The normalized spacial score (nSPS) is 10.9. The fraction of sp³-hybridized carbons (Fsp3) is 0.200. The number of carbonyl (C=O) groups excluding carboxylic acids is 1. The summed E-state index contributed by atoms with van der Waals surface area (Å²) in [6, 6.07) is 2.85. The number of benzene rings is 1. The van der Waals surface area contributed by atoms with Crippen molar-refractivity contribution in [1.29, 1.82) is 0 Å². The Morgan fingerprint density at radius 1 is 1.33 bits per heavy atom. The maximum absolute atomic E-state index is 11.8. The van der Waals surface area contributed by atoms with Crippen LogP contribution in [0.3, 0.4) is 0 Å². The van der Waals surface area contributed by atoms with Gasteiger partial charge >= 0.3 is 16.1 Å². The minimum Gasteiger partial charge on any atom is -0.481 e. The maximum Gasteiger partial charge on any atom is 0.305 e. The average molecular weight is 318 g/mol. The van der Waals surface area contributed by atoms with Gasteiger partial charge in [0.05, 0.1) is 16.9 Å². The minimum atomic E-state index is -5.01. The minimum absolute atomic E-state index is 0.304. The van der Waals surface area contributed by atoms with Gasteiger partial charge in [0.1, 0.15) is 0 Å². The van der Waals surface area contributed by atoms with Crippen LogP contribution in [-0.2, 0) is 14.9 Å². The van der Waals surface area contributed by atoms with Gasteiger partial charge in [0, 0.05) is 12.6 Å². The number of carbonyl (C=O) groups is 2. The van der Waals surface area contributed by atoms with Crippen LogP contribution in [0.5, 0.6) is 0 Å². The van der Waals surface area contributed by atoms with Gasteiger partial charge in [-0.1, -0.05) is 6.07 Å². The van der Waals surface area contributed by atoms with E-state index in [1.807, 2.05) is 0 Å². The van der Waals surface area contributed by atoms with E-state index in [4.69, 9.17) is 9.66 Å². The summed E-state index contributed by atoms with van der Waals surface area (Å²) in [5.74, 6) is -2.24. The van der Waals surface area contributed by atoms with Crippen molar-refractivity contribution < 1.29 is 32.6 Å². The summed E-state index contributed by atoms with van der Waals surface area (Å²) >= 11 is 0. The van der Waals surface area contributed by atoms with Gasteiger partial charge in [-0.25, -0.2) is 0 Å². The zero-order valence-electron chi connectivity index (χ0n) is 10.3. The number of aliphatic carboxylic acids is 1. The molecule has 21 heavy (non-hydrogen) atoms. The summed E-state index contributed by atoms with van der Waals surface area (Å²) in [7, 11) is -5.01. The molecule has 0 saturated carbocycles. The molecule has 0 aliphatic carbocycles. The molecule has 0 aromatic heterocycles. The summed E-state index contributed by atoms with van der Waals surface area (Å²) in [5, 5.41) is 21.3. The van der Waals surface area contributed by atoms with Crippen LogP contribution in [0.2, 0.25) is 0 Å². The summed E-state index contributed by atoms with van der Waals surface area (Å²) in [4.78, 5) is 30.6. The molecule has 0 fully saturated rings. The van der Waals surface area contributed by atoms with E-state index in [0.717, 1.165) is 18.2 Å². The molecule has 1 rings (SSSR count). The number of nitrogens with one attached hydrogen (secondary N) is 1. The summed E-state index contributed by atoms with van der Waals surface area (Å²) < 4.78 is 31.5. The Morgan fingerprint density at radius 2 is 1.95 bits per heavy atom. The Kier molecular flexibility index (Phi) is 4.94. The number of amides is 1. The molecule has 114 valence electrons. The second-order valence-electron chi connectivity index (χ2n) is 3.79. The topological polar surface area (TPSA) is 164 Å². The molecule has 0 radical (unpaired) electrons. The highest BCUT2D eigenvalue weighted by atomic mass is 32.2. The molecule has 0 heterocycles. The Morgan fingerprint density at radius 3 is 2.43 bits per heavy atom. The number of rotatable bonds is 6. The lowest BCUT2D eigenvalue weighted by Crippen LogP contribution is -2.27. The molecule has 0 bridgehead atoms. The quantitative estimate of drug-likeness (QED) is 0.376. The van der Waals surface area contributed by atoms with Gasteiger partial charge in [0.15, 0.2) is 4.90 Å². The molecule has 0 aliphatic rings. The third-order valence-corrected chi connectivity index (χ3v) is 3.26. The predicted octanol–water partition coefficient (Wildman–Crippen LogP) is 0.0460. The number of nitro benzene ring substituents is 1. The first-order valence-corrected chi connectivity index (χ1v) is 6.83. The van der Waals surface area contributed by atoms with Crippen LogP contribution >= 0.6 is 0 Å². The third kappa shape index (κ3) is 4.22. The number of carboxylic acid groups (broad SMARTS) is 1. The van der Waals surface area contributed by atoms with Crippen LogP contribution in [0.15, 0.2) is 23.1 Å². The molecule has 0 unspecified atom stereocenters. The summed E-state index contributed by atoms with van der Waals surface area (Å²) in [6.07, 6.45) is -0.415. The Hall–Kier alpha value is -2.53. The standard InChI is InChI=1S/C10H10N2O8S/c13-8(14)4-5-11-10(15)6-2-1-3-7(12(16)17)9(6)21(18,19)20/h1-3H,4-5H2,(H,11,15)(H,13,14)(H,18,19,20). The van der Waals surface area contributed by atoms with E-state index >= 15 is 0 Å². The largest absolute Gasteiger partial charge is 0.481 e. The van der Waals surface area contributed by atoms with Crippen LogP contribution < -0.4 is 5.32 Å². The highest BCUT2D eigenvalue weighted by molar-refractivity contribution is 7.86. The monoisotopic (exact) mass is 318 g/mol. The van der Waals surface area contributed by atoms with E-state index in [2.05, 4.69) is 5.32 Å². The number of carboxylic acids is 1. The van der Waals surface area contributed by atoms with Crippen LogP contribution in [0.1, 0.15) is 16.8 Å². The van der Waals surface area contributed by atoms with Crippen LogP contribution in [-0.4, -0.2) is 41.4 Å². The molecule has 11 heteroatoms.